The van der Waals surface area contributed by atoms with Crippen molar-refractivity contribution in [3.8, 4) is 0 Å². The van der Waals surface area contributed by atoms with Crippen LogP contribution in [0.2, 0.25) is 0 Å². The van der Waals surface area contributed by atoms with Crippen LogP contribution in [0.5, 0.6) is 0 Å². The Morgan fingerprint density at radius 3 is 2.76 bits per heavy atom. The number of nitrogens with two attached hydrogens (primary N) is 1. The number of oxazole rings is 1. The third-order valence-electron chi connectivity index (χ3n) is 2.64. The average molecular weight is 234 g/mol. The van der Waals surface area contributed by atoms with E-state index in [1.165, 1.54) is 0 Å². The lowest BCUT2D eigenvalue weighted by molar-refractivity contribution is 0.100. The summed E-state index contributed by atoms with van der Waals surface area (Å²) in [5.74, 6) is -0.584. The van der Waals surface area contributed by atoms with Crippen LogP contribution < -0.4 is 11.5 Å². The molecule has 5 nitrogen and oxygen atoms in total. The summed E-state index contributed by atoms with van der Waals surface area (Å²) in [5, 5.41) is 0. The van der Waals surface area contributed by atoms with Gasteiger partial charge in [0.25, 0.3) is 0 Å². The fourth-order valence-corrected chi connectivity index (χ4v) is 1.82. The molecule has 0 aliphatic carbocycles. The van der Waals surface area contributed by atoms with Crippen molar-refractivity contribution in [2.75, 3.05) is 6.54 Å². The van der Waals surface area contributed by atoms with Gasteiger partial charge in [0.1, 0.15) is 0 Å². The van der Waals surface area contributed by atoms with Crippen LogP contribution in [-0.4, -0.2) is 16.9 Å². The summed E-state index contributed by atoms with van der Waals surface area (Å²) >= 11 is 0. The van der Waals surface area contributed by atoms with Crippen LogP contribution in [0.4, 0.5) is 0 Å². The van der Waals surface area contributed by atoms with Crippen molar-refractivity contribution in [2.45, 2.75) is 19.9 Å². The van der Waals surface area contributed by atoms with E-state index in [2.05, 4.69) is 0 Å². The Kier molecular flexibility index (Phi) is 2.85. The Labute approximate surface area is 97.8 Å². The van der Waals surface area contributed by atoms with Gasteiger partial charge in [-0.2, -0.15) is 0 Å². The molecule has 1 aromatic heterocycles. The van der Waals surface area contributed by atoms with Gasteiger partial charge in [-0.25, -0.2) is 4.79 Å². The van der Waals surface area contributed by atoms with Crippen LogP contribution >= 0.6 is 0 Å². The molecule has 1 heterocycles. The Balaban J connectivity index is 2.66. The van der Waals surface area contributed by atoms with Gasteiger partial charge in [-0.15, -0.1) is 0 Å². The van der Waals surface area contributed by atoms with Crippen LogP contribution in [0, 0.1) is 0 Å². The topological polar surface area (TPSA) is 78.2 Å². The van der Waals surface area contributed by atoms with Crippen molar-refractivity contribution >= 4 is 16.9 Å². The predicted octanol–water partition coefficient (Wildman–Crippen LogP) is 1.32. The zero-order valence-electron chi connectivity index (χ0n) is 9.77. The number of ketones is 1. The second-order valence-corrected chi connectivity index (χ2v) is 4.14. The number of aromatic nitrogens is 1. The minimum Gasteiger partial charge on any atom is -0.408 e. The summed E-state index contributed by atoms with van der Waals surface area (Å²) in [4.78, 5) is 23.0. The monoisotopic (exact) mass is 234 g/mol. The van der Waals surface area contributed by atoms with Gasteiger partial charge in [0.2, 0.25) is 0 Å². The van der Waals surface area contributed by atoms with Crippen molar-refractivity contribution in [3.63, 3.8) is 0 Å². The molecule has 2 aromatic rings. The highest BCUT2D eigenvalue weighted by Gasteiger charge is 2.13. The molecule has 0 bridgehead atoms. The molecule has 0 atom stereocenters. The minimum absolute atomic E-state index is 0.0137. The summed E-state index contributed by atoms with van der Waals surface area (Å²) in [7, 11) is 0. The average Bonchev–Trinajstić information content (AvgIpc) is 2.62. The molecule has 0 spiro atoms. The quantitative estimate of drug-likeness (QED) is 0.812. The van der Waals surface area contributed by atoms with Crippen molar-refractivity contribution in [1.29, 1.82) is 0 Å². The normalized spacial score (nSPS) is 11.3. The molecule has 0 aliphatic heterocycles. The van der Waals surface area contributed by atoms with Gasteiger partial charge in [0.05, 0.1) is 12.1 Å². The molecule has 0 unspecified atom stereocenters. The second kappa shape index (κ2) is 4.18. The summed E-state index contributed by atoms with van der Waals surface area (Å²) in [6, 6.07) is 4.94. The number of hydrogen-bond acceptors (Lipinski definition) is 4. The summed E-state index contributed by atoms with van der Waals surface area (Å²) in [5.41, 5.74) is 6.86. The predicted molar refractivity (Wildman–Crippen MR) is 64.2 cm³/mol. The van der Waals surface area contributed by atoms with E-state index in [9.17, 15) is 9.59 Å². The molecule has 90 valence electrons. The first-order valence-electron chi connectivity index (χ1n) is 5.43. The molecule has 0 amide bonds. The van der Waals surface area contributed by atoms with E-state index in [4.69, 9.17) is 10.2 Å². The van der Waals surface area contributed by atoms with Crippen molar-refractivity contribution in [3.05, 3.63) is 34.3 Å². The summed E-state index contributed by atoms with van der Waals surface area (Å²) in [6.07, 6.45) is 0. The fraction of sp³-hybridized carbons (Fsp3) is 0.333. The number of benzene rings is 1. The number of rotatable bonds is 3. The fourth-order valence-electron chi connectivity index (χ4n) is 1.82. The van der Waals surface area contributed by atoms with Gasteiger partial charge in [0.15, 0.2) is 11.4 Å². The largest absolute Gasteiger partial charge is 0.420 e. The lowest BCUT2D eigenvalue weighted by atomic mass is 10.1. The Morgan fingerprint density at radius 2 is 2.18 bits per heavy atom. The lowest BCUT2D eigenvalue weighted by Gasteiger charge is -2.05. The summed E-state index contributed by atoms with van der Waals surface area (Å²) < 4.78 is 6.66. The van der Waals surface area contributed by atoms with Crippen molar-refractivity contribution < 1.29 is 9.21 Å². The highest BCUT2D eigenvalue weighted by Crippen LogP contribution is 2.18. The molecular formula is C12H14N2O3. The zero-order chi connectivity index (χ0) is 12.6. The minimum atomic E-state index is -0.410. The molecule has 0 radical (unpaired) electrons. The molecule has 0 saturated heterocycles. The molecule has 2 rings (SSSR count). The number of nitrogens with zero attached hydrogens (tertiary/aromatic N) is 1. The zero-order valence-corrected chi connectivity index (χ0v) is 9.77. The van der Waals surface area contributed by atoms with Crippen molar-refractivity contribution in [1.82, 2.24) is 4.57 Å². The Hall–Kier alpha value is -1.88. The van der Waals surface area contributed by atoms with E-state index >= 15 is 0 Å². The van der Waals surface area contributed by atoms with Gasteiger partial charge in [-0.3, -0.25) is 9.36 Å². The first-order chi connectivity index (χ1) is 8.04. The van der Waals surface area contributed by atoms with E-state index in [0.29, 0.717) is 16.7 Å². The van der Waals surface area contributed by atoms with Gasteiger partial charge in [-0.1, -0.05) is 0 Å². The number of fused-ring (bicyclic) bond motifs is 1. The Bertz CT molecular complexity index is 622. The number of carbonyl (C=O) groups is 1. The maximum absolute atomic E-state index is 11.6. The first kappa shape index (κ1) is 11.6. The lowest BCUT2D eigenvalue weighted by Crippen LogP contribution is -2.16. The molecule has 17 heavy (non-hydrogen) atoms. The van der Waals surface area contributed by atoms with Crippen LogP contribution in [0.15, 0.2) is 27.4 Å². The Morgan fingerprint density at radius 1 is 1.47 bits per heavy atom. The van der Waals surface area contributed by atoms with Gasteiger partial charge in [-0.05, 0) is 32.0 Å². The van der Waals surface area contributed by atoms with Crippen LogP contribution in [0.25, 0.3) is 11.1 Å². The maximum atomic E-state index is 11.6. The molecule has 1 aromatic carbocycles. The number of hydrogen-bond donors (Lipinski definition) is 1. The molecule has 0 aliphatic rings. The molecule has 0 fully saturated rings. The van der Waals surface area contributed by atoms with Gasteiger partial charge < -0.3 is 10.2 Å². The highest BCUT2D eigenvalue weighted by molar-refractivity contribution is 5.99. The van der Waals surface area contributed by atoms with Crippen LogP contribution in [0.1, 0.15) is 30.2 Å². The van der Waals surface area contributed by atoms with Gasteiger partial charge in [0, 0.05) is 11.6 Å². The standard InChI is InChI=1S/C12H14N2O3/c1-7(2)14-9-4-3-8(10(15)6-13)5-11(9)17-12(14)16/h3-5,7H,6,13H2,1-2H3. The first-order valence-corrected chi connectivity index (χ1v) is 5.43. The highest BCUT2D eigenvalue weighted by atomic mass is 16.4. The maximum Gasteiger partial charge on any atom is 0.420 e. The number of carbonyl (C=O) groups excluding carboxylic acids is 1. The van der Waals surface area contributed by atoms with E-state index in [1.807, 2.05) is 13.8 Å². The smallest absolute Gasteiger partial charge is 0.408 e. The molecule has 0 saturated carbocycles. The van der Waals surface area contributed by atoms with E-state index in [0.717, 1.165) is 0 Å². The van der Waals surface area contributed by atoms with Gasteiger partial charge >= 0.3 is 5.76 Å². The third-order valence-corrected chi connectivity index (χ3v) is 2.64. The van der Waals surface area contributed by atoms with E-state index in [1.54, 1.807) is 22.8 Å². The molecule has 2 N–H and O–H groups in total. The summed E-state index contributed by atoms with van der Waals surface area (Å²) in [6.45, 7) is 3.74. The van der Waals surface area contributed by atoms with E-state index in [-0.39, 0.29) is 18.4 Å². The second-order valence-electron chi connectivity index (χ2n) is 4.14. The van der Waals surface area contributed by atoms with Crippen LogP contribution in [-0.2, 0) is 0 Å². The number of Topliss-reactive ketones (excluding diaryl/α,β-unsaturated/α-hetero) is 1. The molecule has 5 heteroatoms. The van der Waals surface area contributed by atoms with Crippen molar-refractivity contribution in [2.24, 2.45) is 5.73 Å². The van der Waals surface area contributed by atoms with Crippen LogP contribution in [0.3, 0.4) is 0 Å². The molecular weight excluding hydrogens is 220 g/mol. The third kappa shape index (κ3) is 1.89. The van der Waals surface area contributed by atoms with E-state index < -0.39 is 5.76 Å². The SMILES string of the molecule is CC(C)n1c(=O)oc2cc(C(=O)CN)ccc21.